The van der Waals surface area contributed by atoms with Crippen LogP contribution in [0.1, 0.15) is 11.3 Å². The van der Waals surface area contributed by atoms with Gasteiger partial charge in [-0.15, -0.1) is 0 Å². The first-order valence-corrected chi connectivity index (χ1v) is 5.91. The molecule has 8 heteroatoms. The molecule has 2 aromatic rings. The molecule has 104 valence electrons. The van der Waals surface area contributed by atoms with Gasteiger partial charge in [0, 0.05) is 5.56 Å². The fourth-order valence-corrected chi connectivity index (χ4v) is 1.74. The van der Waals surface area contributed by atoms with Crippen LogP contribution < -0.4 is 15.9 Å². The predicted molar refractivity (Wildman–Crippen MR) is 77.2 cm³/mol. The van der Waals surface area contributed by atoms with Gasteiger partial charge in [0.2, 0.25) is 5.95 Å². The lowest BCUT2D eigenvalue weighted by Crippen LogP contribution is -2.30. The standard InChI is InChI=1S/C12H15BN4O3/c1-8-7-17(12(14)16-8)15-6-9-5-10(13(18)19)3-4-11(9)20-2/h3-7,18-19H,1-2H3,(H2,14,16). The van der Waals surface area contributed by atoms with Crippen LogP contribution in [0.15, 0.2) is 29.5 Å². The van der Waals surface area contributed by atoms with E-state index in [2.05, 4.69) is 10.1 Å². The zero-order valence-corrected chi connectivity index (χ0v) is 11.2. The third-order valence-corrected chi connectivity index (χ3v) is 2.71. The van der Waals surface area contributed by atoms with Gasteiger partial charge in [-0.05, 0) is 24.5 Å². The number of nitrogens with two attached hydrogens (primary N) is 1. The lowest BCUT2D eigenvalue weighted by atomic mass is 9.79. The maximum Gasteiger partial charge on any atom is 0.488 e. The number of aryl methyl sites for hydroxylation is 1. The second kappa shape index (κ2) is 5.76. The van der Waals surface area contributed by atoms with Gasteiger partial charge in [0.05, 0.1) is 25.2 Å². The second-order valence-electron chi connectivity index (χ2n) is 4.20. The van der Waals surface area contributed by atoms with Gasteiger partial charge in [0.15, 0.2) is 0 Å². The van der Waals surface area contributed by atoms with Gasteiger partial charge in [-0.2, -0.15) is 5.10 Å². The molecule has 0 aliphatic rings. The van der Waals surface area contributed by atoms with Crippen LogP contribution in [0.4, 0.5) is 5.95 Å². The molecule has 1 aromatic heterocycles. The molecule has 0 spiro atoms. The first kappa shape index (κ1) is 14.1. The maximum atomic E-state index is 9.18. The SMILES string of the molecule is COc1ccc(B(O)O)cc1C=Nn1cc(C)nc1N. The Morgan fingerprint density at radius 1 is 1.45 bits per heavy atom. The Hall–Kier alpha value is -2.32. The number of nitrogen functional groups attached to an aromatic ring is 1. The number of anilines is 1. The molecule has 0 saturated heterocycles. The molecular weight excluding hydrogens is 259 g/mol. The summed E-state index contributed by atoms with van der Waals surface area (Å²) in [6, 6.07) is 4.78. The Morgan fingerprint density at radius 2 is 2.20 bits per heavy atom. The molecule has 0 saturated carbocycles. The molecule has 0 radical (unpaired) electrons. The second-order valence-corrected chi connectivity index (χ2v) is 4.20. The number of aromatic nitrogens is 2. The molecule has 1 aromatic carbocycles. The van der Waals surface area contributed by atoms with Crippen molar-refractivity contribution in [2.75, 3.05) is 12.8 Å². The molecule has 0 fully saturated rings. The van der Waals surface area contributed by atoms with Gasteiger partial charge in [-0.3, -0.25) is 0 Å². The lowest BCUT2D eigenvalue weighted by molar-refractivity contribution is 0.413. The average molecular weight is 274 g/mol. The number of nitrogens with zero attached hydrogens (tertiary/aromatic N) is 3. The third kappa shape index (κ3) is 2.98. The summed E-state index contributed by atoms with van der Waals surface area (Å²) in [6.45, 7) is 1.81. The van der Waals surface area contributed by atoms with E-state index in [9.17, 15) is 10.0 Å². The van der Waals surface area contributed by atoms with Crippen LogP contribution in [0.3, 0.4) is 0 Å². The zero-order chi connectivity index (χ0) is 14.7. The summed E-state index contributed by atoms with van der Waals surface area (Å²) in [6.07, 6.45) is 3.20. The number of methoxy groups -OCH3 is 1. The van der Waals surface area contributed by atoms with E-state index in [1.807, 2.05) is 6.92 Å². The Morgan fingerprint density at radius 3 is 2.75 bits per heavy atom. The summed E-state index contributed by atoms with van der Waals surface area (Å²) >= 11 is 0. The van der Waals surface area contributed by atoms with Crippen molar-refractivity contribution in [1.29, 1.82) is 0 Å². The Labute approximate surface area is 116 Å². The molecule has 0 unspecified atom stereocenters. The van der Waals surface area contributed by atoms with Crippen LogP contribution >= 0.6 is 0 Å². The average Bonchev–Trinajstić information content (AvgIpc) is 2.74. The molecule has 4 N–H and O–H groups in total. The molecule has 1 heterocycles. The highest BCUT2D eigenvalue weighted by Crippen LogP contribution is 2.14. The summed E-state index contributed by atoms with van der Waals surface area (Å²) in [5.74, 6) is 0.838. The largest absolute Gasteiger partial charge is 0.496 e. The molecule has 7 nitrogen and oxygen atoms in total. The third-order valence-electron chi connectivity index (χ3n) is 2.71. The van der Waals surface area contributed by atoms with Crippen LogP contribution in [-0.4, -0.2) is 40.2 Å². The van der Waals surface area contributed by atoms with E-state index in [1.54, 1.807) is 24.4 Å². The fourth-order valence-electron chi connectivity index (χ4n) is 1.74. The van der Waals surface area contributed by atoms with Gasteiger partial charge < -0.3 is 20.5 Å². The van der Waals surface area contributed by atoms with Crippen molar-refractivity contribution < 1.29 is 14.8 Å². The van der Waals surface area contributed by atoms with Crippen LogP contribution in [0.5, 0.6) is 5.75 Å². The van der Waals surface area contributed by atoms with E-state index in [-0.39, 0.29) is 5.95 Å². The number of imidazole rings is 1. The van der Waals surface area contributed by atoms with Crippen molar-refractivity contribution in [2.45, 2.75) is 6.92 Å². The number of hydrogen-bond acceptors (Lipinski definition) is 6. The van der Waals surface area contributed by atoms with Crippen LogP contribution in [-0.2, 0) is 0 Å². The van der Waals surface area contributed by atoms with Crippen LogP contribution in [0.2, 0.25) is 0 Å². The highest BCUT2D eigenvalue weighted by Gasteiger charge is 2.13. The summed E-state index contributed by atoms with van der Waals surface area (Å²) in [5.41, 5.74) is 7.39. The Balaban J connectivity index is 2.36. The van der Waals surface area contributed by atoms with E-state index in [1.165, 1.54) is 18.0 Å². The van der Waals surface area contributed by atoms with E-state index in [0.717, 1.165) is 5.69 Å². The van der Waals surface area contributed by atoms with E-state index in [0.29, 0.717) is 16.8 Å². The van der Waals surface area contributed by atoms with E-state index < -0.39 is 7.12 Å². The van der Waals surface area contributed by atoms with Crippen molar-refractivity contribution in [3.63, 3.8) is 0 Å². The van der Waals surface area contributed by atoms with Gasteiger partial charge in [0.1, 0.15) is 5.75 Å². The zero-order valence-electron chi connectivity index (χ0n) is 11.2. The summed E-state index contributed by atoms with van der Waals surface area (Å²) in [4.78, 5) is 4.03. The molecule has 2 rings (SSSR count). The number of rotatable bonds is 4. The monoisotopic (exact) mass is 274 g/mol. The molecule has 0 amide bonds. The highest BCUT2D eigenvalue weighted by molar-refractivity contribution is 6.58. The normalized spacial score (nSPS) is 11.0. The molecule has 0 bridgehead atoms. The Bertz CT molecular complexity index is 640. The molecule has 0 aliphatic carbocycles. The van der Waals surface area contributed by atoms with Crippen molar-refractivity contribution in [1.82, 2.24) is 9.66 Å². The smallest absolute Gasteiger partial charge is 0.488 e. The molecule has 20 heavy (non-hydrogen) atoms. The highest BCUT2D eigenvalue weighted by atomic mass is 16.5. The van der Waals surface area contributed by atoms with Crippen molar-refractivity contribution in [2.24, 2.45) is 5.10 Å². The van der Waals surface area contributed by atoms with E-state index in [4.69, 9.17) is 10.5 Å². The van der Waals surface area contributed by atoms with Crippen LogP contribution in [0, 0.1) is 6.92 Å². The van der Waals surface area contributed by atoms with E-state index >= 15 is 0 Å². The summed E-state index contributed by atoms with van der Waals surface area (Å²) in [7, 11) is -0.0223. The predicted octanol–water partition coefficient (Wildman–Crippen LogP) is -0.656. The first-order chi connectivity index (χ1) is 9.51. The molecule has 0 aliphatic heterocycles. The maximum absolute atomic E-state index is 9.18. The fraction of sp³-hybridized carbons (Fsp3) is 0.167. The number of hydrogen-bond donors (Lipinski definition) is 3. The van der Waals surface area contributed by atoms with Crippen molar-refractivity contribution >= 4 is 24.7 Å². The van der Waals surface area contributed by atoms with Crippen molar-refractivity contribution in [3.8, 4) is 5.75 Å². The molecule has 0 atom stereocenters. The van der Waals surface area contributed by atoms with Crippen LogP contribution in [0.25, 0.3) is 0 Å². The Kier molecular flexibility index (Phi) is 4.06. The lowest BCUT2D eigenvalue weighted by Gasteiger charge is -2.07. The minimum atomic E-state index is -1.55. The number of ether oxygens (including phenoxy) is 1. The van der Waals surface area contributed by atoms with Gasteiger partial charge in [-0.25, -0.2) is 9.66 Å². The van der Waals surface area contributed by atoms with Crippen molar-refractivity contribution in [3.05, 3.63) is 35.7 Å². The summed E-state index contributed by atoms with van der Waals surface area (Å²) in [5, 5.41) is 22.5. The first-order valence-electron chi connectivity index (χ1n) is 5.91. The quantitative estimate of drug-likeness (QED) is 0.507. The minimum absolute atomic E-state index is 0.274. The van der Waals surface area contributed by atoms with Gasteiger partial charge >= 0.3 is 7.12 Å². The minimum Gasteiger partial charge on any atom is -0.496 e. The van der Waals surface area contributed by atoms with Gasteiger partial charge in [-0.1, -0.05) is 6.07 Å². The summed E-state index contributed by atoms with van der Waals surface area (Å²) < 4.78 is 6.62. The number of benzene rings is 1. The van der Waals surface area contributed by atoms with Gasteiger partial charge in [0.25, 0.3) is 0 Å². The molecular formula is C12H15BN4O3. The topological polar surface area (TPSA) is 106 Å².